The smallest absolute Gasteiger partial charge is 0.230 e. The number of nitrogens with one attached hydrogen (secondary N) is 1. The SMILES string of the molecule is CC[NH+]1CCN(c2nc3sc4c(c3c3ncnn23)CCC4)CC1. The average molecular weight is 329 g/mol. The molecule has 3 aromatic rings. The zero-order chi connectivity index (χ0) is 15.4. The third-order valence-corrected chi connectivity index (χ3v) is 6.50. The fourth-order valence-electron chi connectivity index (χ4n) is 3.98. The van der Waals surface area contributed by atoms with Crippen molar-refractivity contribution < 1.29 is 4.90 Å². The molecule has 23 heavy (non-hydrogen) atoms. The van der Waals surface area contributed by atoms with Gasteiger partial charge in [0.1, 0.15) is 11.2 Å². The van der Waals surface area contributed by atoms with E-state index in [1.165, 1.54) is 48.3 Å². The monoisotopic (exact) mass is 329 g/mol. The van der Waals surface area contributed by atoms with E-state index in [9.17, 15) is 0 Å². The summed E-state index contributed by atoms with van der Waals surface area (Å²) in [5.41, 5.74) is 2.47. The van der Waals surface area contributed by atoms with Gasteiger partial charge in [-0.15, -0.1) is 11.3 Å². The van der Waals surface area contributed by atoms with Gasteiger partial charge in [-0.05, 0) is 31.7 Å². The van der Waals surface area contributed by atoms with E-state index in [4.69, 9.17) is 4.98 Å². The molecule has 120 valence electrons. The van der Waals surface area contributed by atoms with Gasteiger partial charge in [0.25, 0.3) is 0 Å². The Morgan fingerprint density at radius 3 is 2.96 bits per heavy atom. The second kappa shape index (κ2) is 5.14. The summed E-state index contributed by atoms with van der Waals surface area (Å²) < 4.78 is 1.96. The third kappa shape index (κ3) is 1.99. The molecule has 2 aliphatic rings. The summed E-state index contributed by atoms with van der Waals surface area (Å²) in [6.07, 6.45) is 5.30. The number of quaternary nitrogens is 1. The fraction of sp³-hybridized carbons (Fsp3) is 0.562. The molecule has 6 nitrogen and oxygen atoms in total. The van der Waals surface area contributed by atoms with Gasteiger partial charge in [0.05, 0.1) is 38.1 Å². The molecule has 0 amide bonds. The van der Waals surface area contributed by atoms with Crippen molar-refractivity contribution in [3.8, 4) is 0 Å². The number of hydrogen-bond acceptors (Lipinski definition) is 5. The molecular weight excluding hydrogens is 308 g/mol. The zero-order valence-corrected chi connectivity index (χ0v) is 14.2. The van der Waals surface area contributed by atoms with E-state index < -0.39 is 0 Å². The predicted molar refractivity (Wildman–Crippen MR) is 91.6 cm³/mol. The van der Waals surface area contributed by atoms with Crippen LogP contribution in [0.25, 0.3) is 15.9 Å². The largest absolute Gasteiger partial charge is 0.332 e. The molecule has 0 unspecified atom stereocenters. The quantitative estimate of drug-likeness (QED) is 0.746. The number of aryl methyl sites for hydroxylation is 2. The zero-order valence-electron chi connectivity index (χ0n) is 13.4. The van der Waals surface area contributed by atoms with E-state index in [2.05, 4.69) is 21.9 Å². The summed E-state index contributed by atoms with van der Waals surface area (Å²) in [7, 11) is 0. The Morgan fingerprint density at radius 2 is 2.13 bits per heavy atom. The first kappa shape index (κ1) is 13.7. The van der Waals surface area contributed by atoms with Crippen molar-refractivity contribution in [1.82, 2.24) is 19.6 Å². The summed E-state index contributed by atoms with van der Waals surface area (Å²) >= 11 is 1.86. The van der Waals surface area contributed by atoms with Crippen LogP contribution in [-0.4, -0.2) is 52.3 Å². The Kier molecular flexibility index (Phi) is 3.06. The number of aromatic nitrogens is 4. The van der Waals surface area contributed by atoms with Gasteiger partial charge in [-0.1, -0.05) is 0 Å². The number of rotatable bonds is 2. The van der Waals surface area contributed by atoms with Crippen molar-refractivity contribution in [3.63, 3.8) is 0 Å². The predicted octanol–water partition coefficient (Wildman–Crippen LogP) is 0.553. The van der Waals surface area contributed by atoms with Crippen LogP contribution in [-0.2, 0) is 12.8 Å². The molecule has 1 aliphatic carbocycles. The van der Waals surface area contributed by atoms with Crippen LogP contribution in [0.5, 0.6) is 0 Å². The van der Waals surface area contributed by atoms with Crippen LogP contribution in [0.2, 0.25) is 0 Å². The Morgan fingerprint density at radius 1 is 1.26 bits per heavy atom. The molecule has 4 heterocycles. The molecule has 1 saturated heterocycles. The van der Waals surface area contributed by atoms with Gasteiger partial charge < -0.3 is 9.80 Å². The summed E-state index contributed by atoms with van der Waals surface area (Å²) in [4.78, 5) is 16.3. The van der Waals surface area contributed by atoms with Gasteiger partial charge in [-0.25, -0.2) is 9.97 Å². The summed E-state index contributed by atoms with van der Waals surface area (Å²) in [6.45, 7) is 7.90. The lowest BCUT2D eigenvalue weighted by Crippen LogP contribution is -3.14. The molecule has 1 fully saturated rings. The lowest BCUT2D eigenvalue weighted by atomic mass is 10.2. The molecule has 0 aromatic carbocycles. The Hall–Kier alpha value is -1.73. The molecule has 0 spiro atoms. The fourth-order valence-corrected chi connectivity index (χ4v) is 5.23. The third-order valence-electron chi connectivity index (χ3n) is 5.32. The van der Waals surface area contributed by atoms with E-state index >= 15 is 0 Å². The second-order valence-electron chi connectivity index (χ2n) is 6.54. The number of thiophene rings is 1. The van der Waals surface area contributed by atoms with Crippen LogP contribution in [0.3, 0.4) is 0 Å². The van der Waals surface area contributed by atoms with E-state index in [0.29, 0.717) is 0 Å². The number of nitrogens with zero attached hydrogens (tertiary/aromatic N) is 5. The number of likely N-dealkylation sites (N-methyl/N-ethyl adjacent to an activating group) is 1. The van der Waals surface area contributed by atoms with Crippen molar-refractivity contribution >= 4 is 33.1 Å². The second-order valence-corrected chi connectivity index (χ2v) is 7.62. The number of piperazine rings is 1. The molecule has 1 aliphatic heterocycles. The van der Waals surface area contributed by atoms with Crippen molar-refractivity contribution in [2.45, 2.75) is 26.2 Å². The van der Waals surface area contributed by atoms with Crippen molar-refractivity contribution in [2.75, 3.05) is 37.6 Å². The molecule has 0 atom stereocenters. The van der Waals surface area contributed by atoms with E-state index in [0.717, 1.165) is 35.9 Å². The van der Waals surface area contributed by atoms with Crippen LogP contribution < -0.4 is 9.80 Å². The standard InChI is InChI=1S/C16H20N6S/c1-2-20-6-8-21(9-7-20)16-19-15-13(14-17-10-18-22(14)16)11-4-3-5-12(11)23-15/h10H,2-9H2,1H3/p+1. The van der Waals surface area contributed by atoms with Crippen molar-refractivity contribution in [3.05, 3.63) is 16.8 Å². The number of fused-ring (bicyclic) bond motifs is 5. The first-order valence-electron chi connectivity index (χ1n) is 8.57. The molecule has 3 aromatic heterocycles. The van der Waals surface area contributed by atoms with Gasteiger partial charge in [-0.2, -0.15) is 9.61 Å². The molecule has 0 radical (unpaired) electrons. The van der Waals surface area contributed by atoms with Crippen LogP contribution >= 0.6 is 11.3 Å². The van der Waals surface area contributed by atoms with Crippen LogP contribution in [0.4, 0.5) is 5.95 Å². The Labute approximate surface area is 138 Å². The maximum atomic E-state index is 5.01. The number of hydrogen-bond donors (Lipinski definition) is 1. The number of anilines is 1. The Bertz CT molecular complexity index is 874. The molecule has 1 N–H and O–H groups in total. The minimum Gasteiger partial charge on any atom is -0.332 e. The van der Waals surface area contributed by atoms with Gasteiger partial charge in [0, 0.05) is 4.88 Å². The minimum absolute atomic E-state index is 0.972. The lowest BCUT2D eigenvalue weighted by molar-refractivity contribution is -0.898. The highest BCUT2D eigenvalue weighted by Crippen LogP contribution is 2.39. The van der Waals surface area contributed by atoms with Crippen LogP contribution in [0.15, 0.2) is 6.33 Å². The molecule has 0 bridgehead atoms. The normalized spacial score (nSPS) is 19.1. The average Bonchev–Trinajstić information content (AvgIpc) is 3.28. The van der Waals surface area contributed by atoms with E-state index in [-0.39, 0.29) is 0 Å². The van der Waals surface area contributed by atoms with Gasteiger partial charge >= 0.3 is 0 Å². The molecular formula is C16H21N6S+. The van der Waals surface area contributed by atoms with E-state index in [1.807, 2.05) is 15.9 Å². The topological polar surface area (TPSA) is 50.8 Å². The summed E-state index contributed by atoms with van der Waals surface area (Å²) in [6, 6.07) is 0. The van der Waals surface area contributed by atoms with Gasteiger partial charge in [0.15, 0.2) is 5.65 Å². The van der Waals surface area contributed by atoms with Crippen molar-refractivity contribution in [2.24, 2.45) is 0 Å². The highest BCUT2D eigenvalue weighted by atomic mass is 32.1. The highest BCUT2D eigenvalue weighted by molar-refractivity contribution is 7.19. The first-order chi connectivity index (χ1) is 11.3. The lowest BCUT2D eigenvalue weighted by Gasteiger charge is -2.32. The Balaban J connectivity index is 1.65. The highest BCUT2D eigenvalue weighted by Gasteiger charge is 2.26. The first-order valence-corrected chi connectivity index (χ1v) is 9.39. The molecule has 7 heteroatoms. The van der Waals surface area contributed by atoms with Crippen LogP contribution in [0, 0.1) is 0 Å². The van der Waals surface area contributed by atoms with Gasteiger partial charge in [0.2, 0.25) is 5.95 Å². The molecule has 5 rings (SSSR count). The summed E-state index contributed by atoms with van der Waals surface area (Å²) in [5.74, 6) is 0.972. The van der Waals surface area contributed by atoms with E-state index in [1.54, 1.807) is 11.2 Å². The van der Waals surface area contributed by atoms with Crippen LogP contribution in [0.1, 0.15) is 23.8 Å². The van der Waals surface area contributed by atoms with Crippen molar-refractivity contribution in [1.29, 1.82) is 0 Å². The summed E-state index contributed by atoms with van der Waals surface area (Å²) in [5, 5.41) is 5.74. The molecule has 0 saturated carbocycles. The maximum Gasteiger partial charge on any atom is 0.230 e. The minimum atomic E-state index is 0.972. The van der Waals surface area contributed by atoms with Gasteiger partial charge in [-0.3, -0.25) is 0 Å². The maximum absolute atomic E-state index is 5.01.